The Morgan fingerprint density at radius 1 is 1.21 bits per heavy atom. The van der Waals surface area contributed by atoms with E-state index in [1.165, 1.54) is 0 Å². The second-order valence-corrected chi connectivity index (χ2v) is 6.11. The maximum Gasteiger partial charge on any atom is 1.00 e. The van der Waals surface area contributed by atoms with Crippen LogP contribution in [0, 0.1) is 0 Å². The Morgan fingerprint density at radius 2 is 1.68 bits per heavy atom. The van der Waals surface area contributed by atoms with Crippen molar-refractivity contribution in [1.82, 2.24) is 4.67 Å². The van der Waals surface area contributed by atoms with Gasteiger partial charge in [0.15, 0.2) is 0 Å². The van der Waals surface area contributed by atoms with Crippen LogP contribution in [0.3, 0.4) is 0 Å². The standard InChI is InChI=1S/C11H22NO5P.Na/c1-3-16-18(15,17-4-2)12(11(13)14)10-8-6-5-7-9-10;/h10H,3-9H2,1-2H3,(H,13,14);/q;+1. The molecular weight excluding hydrogens is 280 g/mol. The summed E-state index contributed by atoms with van der Waals surface area (Å²) in [7, 11) is -3.72. The maximum atomic E-state index is 12.6. The molecule has 0 spiro atoms. The van der Waals surface area contributed by atoms with Crippen molar-refractivity contribution in [2.45, 2.75) is 52.0 Å². The fourth-order valence-electron chi connectivity index (χ4n) is 2.27. The van der Waals surface area contributed by atoms with E-state index in [-0.39, 0.29) is 48.8 Å². The van der Waals surface area contributed by atoms with Crippen LogP contribution in [0.15, 0.2) is 0 Å². The fraction of sp³-hybridized carbons (Fsp3) is 0.909. The molecule has 1 amide bonds. The zero-order valence-electron chi connectivity index (χ0n) is 12.0. The van der Waals surface area contributed by atoms with E-state index in [2.05, 4.69) is 0 Å². The average molecular weight is 302 g/mol. The van der Waals surface area contributed by atoms with Gasteiger partial charge in [-0.05, 0) is 26.7 Å². The van der Waals surface area contributed by atoms with E-state index in [0.717, 1.165) is 36.8 Å². The van der Waals surface area contributed by atoms with Crippen LogP contribution in [-0.2, 0) is 13.6 Å². The van der Waals surface area contributed by atoms with Crippen molar-refractivity contribution in [1.29, 1.82) is 0 Å². The Morgan fingerprint density at radius 3 is 2.05 bits per heavy atom. The van der Waals surface area contributed by atoms with Crippen LogP contribution < -0.4 is 29.6 Å². The topological polar surface area (TPSA) is 76.1 Å². The molecule has 0 bridgehead atoms. The van der Waals surface area contributed by atoms with E-state index in [9.17, 15) is 14.5 Å². The van der Waals surface area contributed by atoms with Crippen LogP contribution in [0.5, 0.6) is 0 Å². The van der Waals surface area contributed by atoms with Crippen molar-refractivity contribution in [2.75, 3.05) is 13.2 Å². The van der Waals surface area contributed by atoms with Gasteiger partial charge in [0.2, 0.25) is 0 Å². The van der Waals surface area contributed by atoms with Crippen LogP contribution in [0.2, 0.25) is 0 Å². The molecule has 0 aliphatic heterocycles. The third-order valence-electron chi connectivity index (χ3n) is 2.96. The van der Waals surface area contributed by atoms with E-state index < -0.39 is 13.8 Å². The third kappa shape index (κ3) is 5.37. The van der Waals surface area contributed by atoms with Crippen molar-refractivity contribution >= 4 is 13.8 Å². The first kappa shape index (κ1) is 19.4. The van der Waals surface area contributed by atoms with Crippen LogP contribution in [0.4, 0.5) is 4.79 Å². The number of carbonyl (C=O) groups is 1. The monoisotopic (exact) mass is 302 g/mol. The number of rotatable bonds is 6. The van der Waals surface area contributed by atoms with Gasteiger partial charge in [-0.25, -0.2) is 14.0 Å². The number of hydrogen-bond donors (Lipinski definition) is 1. The zero-order chi connectivity index (χ0) is 13.6. The quantitative estimate of drug-likeness (QED) is 0.570. The molecule has 0 aromatic heterocycles. The van der Waals surface area contributed by atoms with Gasteiger partial charge in [-0.2, -0.15) is 0 Å². The summed E-state index contributed by atoms with van der Waals surface area (Å²) in [6.45, 7) is 3.67. The maximum absolute atomic E-state index is 12.6. The van der Waals surface area contributed by atoms with E-state index in [1.807, 2.05) is 0 Å². The molecule has 0 radical (unpaired) electrons. The molecule has 1 fully saturated rings. The summed E-state index contributed by atoms with van der Waals surface area (Å²) in [5, 5.41) is 9.31. The minimum absolute atomic E-state index is 0. The molecule has 0 atom stereocenters. The zero-order valence-corrected chi connectivity index (χ0v) is 14.9. The summed E-state index contributed by atoms with van der Waals surface area (Å²) in [4.78, 5) is 11.4. The van der Waals surface area contributed by atoms with Crippen LogP contribution in [-0.4, -0.2) is 35.1 Å². The molecule has 1 aliphatic rings. The van der Waals surface area contributed by atoms with Gasteiger partial charge >= 0.3 is 43.4 Å². The molecule has 0 saturated heterocycles. The Hall–Kier alpha value is 0.420. The molecule has 19 heavy (non-hydrogen) atoms. The number of hydrogen-bond acceptors (Lipinski definition) is 4. The summed E-state index contributed by atoms with van der Waals surface area (Å²) in [5.74, 6) is 0. The molecule has 0 heterocycles. The van der Waals surface area contributed by atoms with E-state index in [4.69, 9.17) is 9.05 Å². The Kier molecular flexibility index (Phi) is 9.58. The first-order chi connectivity index (χ1) is 8.55. The minimum atomic E-state index is -3.72. The van der Waals surface area contributed by atoms with Gasteiger partial charge in [0, 0.05) is 6.04 Å². The molecule has 0 aromatic carbocycles. The summed E-state index contributed by atoms with van der Waals surface area (Å²) in [6.07, 6.45) is 3.20. The van der Waals surface area contributed by atoms with Gasteiger partial charge < -0.3 is 5.11 Å². The van der Waals surface area contributed by atoms with E-state index in [0.29, 0.717) is 0 Å². The Balaban J connectivity index is 0.00000324. The Bertz CT molecular complexity index is 312. The largest absolute Gasteiger partial charge is 1.00 e. The van der Waals surface area contributed by atoms with Gasteiger partial charge in [-0.15, -0.1) is 0 Å². The smallest absolute Gasteiger partial charge is 0.465 e. The second-order valence-electron chi connectivity index (χ2n) is 4.22. The second kappa shape index (κ2) is 9.37. The molecule has 1 saturated carbocycles. The number of amides is 1. The molecule has 6 nitrogen and oxygen atoms in total. The normalized spacial score (nSPS) is 16.7. The summed E-state index contributed by atoms with van der Waals surface area (Å²) < 4.78 is 23.7. The molecule has 1 aliphatic carbocycles. The minimum Gasteiger partial charge on any atom is -0.465 e. The fourth-order valence-corrected chi connectivity index (χ4v) is 4.09. The van der Waals surface area contributed by atoms with Crippen molar-refractivity contribution in [3.8, 4) is 0 Å². The van der Waals surface area contributed by atoms with Gasteiger partial charge in [0.05, 0.1) is 13.2 Å². The van der Waals surface area contributed by atoms with Crippen LogP contribution in [0.1, 0.15) is 46.0 Å². The molecule has 1 N–H and O–H groups in total. The molecule has 106 valence electrons. The molecular formula is C11H22NNaO5P+. The van der Waals surface area contributed by atoms with Gasteiger partial charge in [-0.1, -0.05) is 19.3 Å². The number of nitrogens with zero attached hydrogens (tertiary/aromatic N) is 1. The molecule has 0 unspecified atom stereocenters. The summed E-state index contributed by atoms with van der Waals surface area (Å²) in [5.41, 5.74) is 0. The van der Waals surface area contributed by atoms with Gasteiger partial charge in [0.1, 0.15) is 0 Å². The van der Waals surface area contributed by atoms with Gasteiger partial charge in [0.25, 0.3) is 0 Å². The number of carboxylic acid groups (broad SMARTS) is 1. The summed E-state index contributed by atoms with van der Waals surface area (Å²) >= 11 is 0. The predicted molar refractivity (Wildman–Crippen MR) is 67.6 cm³/mol. The predicted octanol–water partition coefficient (Wildman–Crippen LogP) is 0.484. The van der Waals surface area contributed by atoms with E-state index >= 15 is 0 Å². The molecule has 8 heteroatoms. The first-order valence-electron chi connectivity index (χ1n) is 6.47. The first-order valence-corrected chi connectivity index (χ1v) is 7.96. The Labute approximate surface area is 136 Å². The van der Waals surface area contributed by atoms with Crippen molar-refractivity contribution < 1.29 is 53.1 Å². The van der Waals surface area contributed by atoms with Crippen molar-refractivity contribution in [2.24, 2.45) is 0 Å². The van der Waals surface area contributed by atoms with E-state index in [1.54, 1.807) is 13.8 Å². The SMILES string of the molecule is CCOP(=O)(OCC)N(C(=O)O)C1CCCCC1.[Na+]. The molecule has 0 aromatic rings. The van der Waals surface area contributed by atoms with Crippen molar-refractivity contribution in [3.63, 3.8) is 0 Å². The third-order valence-corrected chi connectivity index (χ3v) is 5.16. The summed E-state index contributed by atoms with van der Waals surface area (Å²) in [6, 6.07) is -0.264. The van der Waals surface area contributed by atoms with Crippen LogP contribution in [0.25, 0.3) is 0 Å². The average Bonchev–Trinajstić information content (AvgIpc) is 2.30. The van der Waals surface area contributed by atoms with Crippen LogP contribution >= 0.6 is 7.75 Å². The van der Waals surface area contributed by atoms with Crippen molar-refractivity contribution in [3.05, 3.63) is 0 Å². The van der Waals surface area contributed by atoms with Gasteiger partial charge in [-0.3, -0.25) is 9.05 Å². The molecule has 1 rings (SSSR count).